The lowest BCUT2D eigenvalue weighted by molar-refractivity contribution is -0.126. The third-order valence-electron chi connectivity index (χ3n) is 5.88. The Morgan fingerprint density at radius 2 is 1.62 bits per heavy atom. The van der Waals surface area contributed by atoms with Crippen LogP contribution in [0.25, 0.3) is 0 Å². The number of nitrogens with one attached hydrogen (secondary N) is 1. The molecule has 7 heteroatoms. The third-order valence-corrected chi connectivity index (χ3v) is 6.83. The van der Waals surface area contributed by atoms with E-state index in [2.05, 4.69) is 10.7 Å². The van der Waals surface area contributed by atoms with Crippen molar-refractivity contribution in [1.29, 1.82) is 0 Å². The van der Waals surface area contributed by atoms with E-state index in [1.54, 1.807) is 11.3 Å². The van der Waals surface area contributed by atoms with Crippen LogP contribution in [0.3, 0.4) is 0 Å². The summed E-state index contributed by atoms with van der Waals surface area (Å²) in [7, 11) is 0. The van der Waals surface area contributed by atoms with E-state index in [-0.39, 0.29) is 23.9 Å². The van der Waals surface area contributed by atoms with Crippen LogP contribution in [0, 0.1) is 5.92 Å². The SMILES string of the molecule is O=C(NC(c1ccc(Cl)cc1)c1ccsc1)C1CCN(C(=O)N2CCCC2)CC1. The van der Waals surface area contributed by atoms with E-state index in [1.807, 2.05) is 45.5 Å². The Morgan fingerprint density at radius 3 is 2.24 bits per heavy atom. The van der Waals surface area contributed by atoms with Crippen LogP contribution in [0.1, 0.15) is 42.9 Å². The van der Waals surface area contributed by atoms with Gasteiger partial charge >= 0.3 is 6.03 Å². The Hall–Kier alpha value is -2.05. The maximum absolute atomic E-state index is 13.0. The summed E-state index contributed by atoms with van der Waals surface area (Å²) in [6.45, 7) is 3.03. The second-order valence-electron chi connectivity index (χ2n) is 7.79. The lowest BCUT2D eigenvalue weighted by Crippen LogP contribution is -2.48. The first-order chi connectivity index (χ1) is 14.1. The average molecular weight is 432 g/mol. The summed E-state index contributed by atoms with van der Waals surface area (Å²) >= 11 is 7.65. The van der Waals surface area contributed by atoms with Gasteiger partial charge in [0.1, 0.15) is 0 Å². The topological polar surface area (TPSA) is 52.7 Å². The maximum Gasteiger partial charge on any atom is 0.319 e. The smallest absolute Gasteiger partial charge is 0.319 e. The predicted molar refractivity (Wildman–Crippen MR) is 116 cm³/mol. The fourth-order valence-electron chi connectivity index (χ4n) is 4.16. The molecule has 2 aliphatic heterocycles. The molecule has 1 aromatic heterocycles. The molecule has 1 N–H and O–H groups in total. The van der Waals surface area contributed by atoms with Crippen LogP contribution in [0.4, 0.5) is 4.79 Å². The number of hydrogen-bond acceptors (Lipinski definition) is 3. The Balaban J connectivity index is 1.38. The lowest BCUT2D eigenvalue weighted by Gasteiger charge is -2.34. The second kappa shape index (κ2) is 9.18. The zero-order valence-electron chi connectivity index (χ0n) is 16.4. The van der Waals surface area contributed by atoms with E-state index in [1.165, 1.54) is 0 Å². The second-order valence-corrected chi connectivity index (χ2v) is 9.00. The van der Waals surface area contributed by atoms with Crippen molar-refractivity contribution < 1.29 is 9.59 Å². The molecule has 1 atom stereocenters. The molecule has 5 nitrogen and oxygen atoms in total. The van der Waals surface area contributed by atoms with E-state index >= 15 is 0 Å². The molecule has 0 aliphatic carbocycles. The van der Waals surface area contributed by atoms with E-state index in [0.717, 1.165) is 37.1 Å². The Kier molecular flexibility index (Phi) is 6.40. The number of carbonyl (C=O) groups is 2. The molecule has 3 heterocycles. The van der Waals surface area contributed by atoms with Crippen LogP contribution >= 0.6 is 22.9 Å². The monoisotopic (exact) mass is 431 g/mol. The first kappa shape index (κ1) is 20.2. The molecule has 0 spiro atoms. The van der Waals surface area contributed by atoms with Crippen molar-refractivity contribution in [3.8, 4) is 0 Å². The van der Waals surface area contributed by atoms with Crippen LogP contribution in [0.2, 0.25) is 5.02 Å². The minimum absolute atomic E-state index is 0.0596. The number of hydrogen-bond donors (Lipinski definition) is 1. The summed E-state index contributed by atoms with van der Waals surface area (Å²) < 4.78 is 0. The molecule has 2 fully saturated rings. The number of rotatable bonds is 4. The number of piperidine rings is 1. The maximum atomic E-state index is 13.0. The van der Waals surface area contributed by atoms with E-state index in [4.69, 9.17) is 11.6 Å². The van der Waals surface area contributed by atoms with E-state index in [9.17, 15) is 9.59 Å². The third kappa shape index (κ3) is 4.75. The van der Waals surface area contributed by atoms with Crippen molar-refractivity contribution in [3.05, 3.63) is 57.2 Å². The quantitative estimate of drug-likeness (QED) is 0.772. The van der Waals surface area contributed by atoms with Crippen molar-refractivity contribution in [2.45, 2.75) is 31.7 Å². The van der Waals surface area contributed by atoms with Crippen LogP contribution in [-0.2, 0) is 4.79 Å². The van der Waals surface area contributed by atoms with Crippen molar-refractivity contribution in [1.82, 2.24) is 15.1 Å². The molecule has 2 aliphatic rings. The summed E-state index contributed by atoms with van der Waals surface area (Å²) in [6.07, 6.45) is 3.61. The normalized spacial score (nSPS) is 18.7. The molecular weight excluding hydrogens is 406 g/mol. The molecule has 0 saturated carbocycles. The Bertz CT molecular complexity index is 826. The van der Waals surface area contributed by atoms with Crippen LogP contribution < -0.4 is 5.32 Å². The van der Waals surface area contributed by atoms with Crippen molar-refractivity contribution in [3.63, 3.8) is 0 Å². The van der Waals surface area contributed by atoms with E-state index in [0.29, 0.717) is 31.0 Å². The number of thiophene rings is 1. The zero-order valence-corrected chi connectivity index (χ0v) is 17.9. The molecule has 29 heavy (non-hydrogen) atoms. The number of amides is 3. The van der Waals surface area contributed by atoms with Gasteiger partial charge in [0.2, 0.25) is 5.91 Å². The Morgan fingerprint density at radius 1 is 0.966 bits per heavy atom. The molecule has 4 rings (SSSR count). The summed E-state index contributed by atoms with van der Waals surface area (Å²) in [5.74, 6) is -0.00418. The highest BCUT2D eigenvalue weighted by Gasteiger charge is 2.31. The molecule has 3 amide bonds. The molecule has 154 valence electrons. The number of likely N-dealkylation sites (tertiary alicyclic amines) is 2. The largest absolute Gasteiger partial charge is 0.345 e. The number of carbonyl (C=O) groups excluding carboxylic acids is 2. The fourth-order valence-corrected chi connectivity index (χ4v) is 4.97. The highest BCUT2D eigenvalue weighted by molar-refractivity contribution is 7.08. The van der Waals surface area contributed by atoms with Gasteiger partial charge in [0, 0.05) is 37.1 Å². The van der Waals surface area contributed by atoms with Gasteiger partial charge in [-0.05, 0) is 65.8 Å². The van der Waals surface area contributed by atoms with Crippen molar-refractivity contribution in [2.75, 3.05) is 26.2 Å². The molecule has 2 saturated heterocycles. The van der Waals surface area contributed by atoms with E-state index < -0.39 is 0 Å². The average Bonchev–Trinajstić information content (AvgIpc) is 3.46. The summed E-state index contributed by atoms with van der Waals surface area (Å²) in [5.41, 5.74) is 2.09. The van der Waals surface area contributed by atoms with Crippen LogP contribution in [0.15, 0.2) is 41.1 Å². The van der Waals surface area contributed by atoms with Crippen molar-refractivity contribution in [2.24, 2.45) is 5.92 Å². The predicted octanol–water partition coefficient (Wildman–Crippen LogP) is 4.53. The summed E-state index contributed by atoms with van der Waals surface area (Å²) in [5, 5.41) is 8.00. The minimum atomic E-state index is -0.185. The minimum Gasteiger partial charge on any atom is -0.345 e. The van der Waals surface area contributed by atoms with Crippen LogP contribution in [0.5, 0.6) is 0 Å². The molecule has 1 unspecified atom stereocenters. The molecular formula is C22H26ClN3O2S. The van der Waals surface area contributed by atoms with Gasteiger partial charge < -0.3 is 15.1 Å². The van der Waals surface area contributed by atoms with Crippen LogP contribution in [-0.4, -0.2) is 47.9 Å². The summed E-state index contributed by atoms with van der Waals surface area (Å²) in [6, 6.07) is 9.62. The van der Waals surface area contributed by atoms with Gasteiger partial charge in [0.15, 0.2) is 0 Å². The Labute approximate surface area is 180 Å². The standard InChI is InChI=1S/C22H26ClN3O2S/c23-19-5-3-16(4-6-19)20(18-9-14-29-15-18)24-21(27)17-7-12-26(13-8-17)22(28)25-10-1-2-11-25/h3-6,9,14-15,17,20H,1-2,7-8,10-13H2,(H,24,27). The van der Waals surface area contributed by atoms with Gasteiger partial charge in [0.25, 0.3) is 0 Å². The number of benzene rings is 1. The van der Waals surface area contributed by atoms with Gasteiger partial charge in [-0.15, -0.1) is 0 Å². The highest BCUT2D eigenvalue weighted by Crippen LogP contribution is 2.27. The van der Waals surface area contributed by atoms with Gasteiger partial charge in [-0.1, -0.05) is 23.7 Å². The lowest BCUT2D eigenvalue weighted by atomic mass is 9.94. The first-order valence-corrected chi connectivity index (χ1v) is 11.6. The number of nitrogens with zero attached hydrogens (tertiary/aromatic N) is 2. The molecule has 0 radical (unpaired) electrons. The van der Waals surface area contributed by atoms with Gasteiger partial charge in [-0.25, -0.2) is 4.79 Å². The van der Waals surface area contributed by atoms with Gasteiger partial charge in [0.05, 0.1) is 6.04 Å². The highest BCUT2D eigenvalue weighted by atomic mass is 35.5. The number of urea groups is 1. The van der Waals surface area contributed by atoms with Gasteiger partial charge in [-0.2, -0.15) is 11.3 Å². The molecule has 0 bridgehead atoms. The first-order valence-electron chi connectivity index (χ1n) is 10.2. The molecule has 2 aromatic rings. The summed E-state index contributed by atoms with van der Waals surface area (Å²) in [4.78, 5) is 29.4. The zero-order chi connectivity index (χ0) is 20.2. The number of halogens is 1. The van der Waals surface area contributed by atoms with Crippen molar-refractivity contribution >= 4 is 34.9 Å². The van der Waals surface area contributed by atoms with Gasteiger partial charge in [-0.3, -0.25) is 4.79 Å². The fraction of sp³-hybridized carbons (Fsp3) is 0.455. The molecule has 1 aromatic carbocycles.